The maximum Gasteiger partial charge on any atom is 0.431 e. The van der Waals surface area contributed by atoms with Gasteiger partial charge in [0.05, 0.1) is 17.7 Å². The number of unbranched alkanes of at least 4 members (excludes halogenated alkanes) is 1. The number of hydrogen-bond donors (Lipinski definition) is 1. The van der Waals surface area contributed by atoms with Gasteiger partial charge in [0, 0.05) is 6.54 Å². The first-order valence-corrected chi connectivity index (χ1v) is 8.06. The van der Waals surface area contributed by atoms with Crippen LogP contribution in [0.4, 0.5) is 4.79 Å². The second kappa shape index (κ2) is 6.60. The monoisotopic (exact) mass is 332 g/mol. The van der Waals surface area contributed by atoms with Crippen LogP contribution in [0.2, 0.25) is 0 Å². The van der Waals surface area contributed by atoms with Gasteiger partial charge in [0.25, 0.3) is 11.8 Å². The lowest BCUT2D eigenvalue weighted by molar-refractivity contribution is 0.00812. The van der Waals surface area contributed by atoms with Crippen molar-refractivity contribution in [2.24, 2.45) is 0 Å². The summed E-state index contributed by atoms with van der Waals surface area (Å²) in [7, 11) is 0. The summed E-state index contributed by atoms with van der Waals surface area (Å²) in [5.41, 5.74) is 2.81. The minimum atomic E-state index is -0.588. The van der Waals surface area contributed by atoms with Crippen LogP contribution in [0, 0.1) is 0 Å². The molecule has 1 aliphatic carbocycles. The fourth-order valence-corrected chi connectivity index (χ4v) is 2.52. The molecule has 1 aromatic carbocycles. The number of nitrogens with one attached hydrogen (secondary N) is 1. The van der Waals surface area contributed by atoms with E-state index in [9.17, 15) is 14.4 Å². The van der Waals surface area contributed by atoms with Crippen molar-refractivity contribution in [2.45, 2.75) is 38.2 Å². The fraction of sp³-hybridized carbons (Fsp3) is 0.471. The second-order valence-electron chi connectivity index (χ2n) is 6.30. The Morgan fingerprint density at radius 2 is 1.79 bits per heavy atom. The number of nitrogens with zero attached hydrogens (tertiary/aromatic N) is 1. The Labute approximate surface area is 139 Å². The molecule has 3 rings (SSSR count). The van der Waals surface area contributed by atoms with E-state index in [2.05, 4.69) is 5.48 Å². The Hall–Kier alpha value is -2.41. The van der Waals surface area contributed by atoms with Gasteiger partial charge in [0.15, 0.2) is 0 Å². The molecule has 1 aliphatic heterocycles. The number of imide groups is 1. The quantitative estimate of drug-likeness (QED) is 0.470. The Morgan fingerprint density at radius 3 is 2.38 bits per heavy atom. The lowest BCUT2D eigenvalue weighted by Gasteiger charge is -2.14. The van der Waals surface area contributed by atoms with E-state index in [0.29, 0.717) is 30.5 Å². The first-order chi connectivity index (χ1) is 11.5. The van der Waals surface area contributed by atoms with Gasteiger partial charge in [-0.3, -0.25) is 19.3 Å². The molecule has 0 unspecified atom stereocenters. The molecule has 0 spiro atoms. The van der Waals surface area contributed by atoms with E-state index in [1.165, 1.54) is 4.90 Å². The summed E-state index contributed by atoms with van der Waals surface area (Å²) >= 11 is 0. The fourth-order valence-electron chi connectivity index (χ4n) is 2.52. The number of ether oxygens (including phenoxy) is 1. The number of rotatable bonds is 7. The molecule has 7 nitrogen and oxygen atoms in total. The van der Waals surface area contributed by atoms with Crippen LogP contribution in [0.1, 0.15) is 53.3 Å². The van der Waals surface area contributed by atoms with Gasteiger partial charge < -0.3 is 4.74 Å². The van der Waals surface area contributed by atoms with Crippen molar-refractivity contribution in [1.82, 2.24) is 10.4 Å². The number of benzene rings is 1. The molecule has 0 atom stereocenters. The molecule has 3 amide bonds. The maximum absolute atomic E-state index is 12.2. The molecule has 2 aliphatic rings. The van der Waals surface area contributed by atoms with Crippen LogP contribution in [-0.2, 0) is 9.57 Å². The predicted molar refractivity (Wildman–Crippen MR) is 84.3 cm³/mol. The van der Waals surface area contributed by atoms with Gasteiger partial charge in [-0.25, -0.2) is 4.79 Å². The molecular formula is C17H20N2O5. The second-order valence-corrected chi connectivity index (χ2v) is 6.30. The Morgan fingerprint density at radius 1 is 1.17 bits per heavy atom. The molecular weight excluding hydrogens is 312 g/mol. The number of carbonyl (C=O) groups is 3. The predicted octanol–water partition coefficient (Wildman–Crippen LogP) is 2.27. The normalized spacial score (nSPS) is 17.6. The van der Waals surface area contributed by atoms with Crippen molar-refractivity contribution in [3.05, 3.63) is 35.4 Å². The van der Waals surface area contributed by atoms with E-state index in [4.69, 9.17) is 9.57 Å². The van der Waals surface area contributed by atoms with Crippen LogP contribution in [0.15, 0.2) is 24.3 Å². The molecule has 1 heterocycles. The first-order valence-electron chi connectivity index (χ1n) is 8.06. The zero-order chi connectivity index (χ0) is 17.2. The van der Waals surface area contributed by atoms with Crippen LogP contribution < -0.4 is 5.48 Å². The van der Waals surface area contributed by atoms with Gasteiger partial charge >= 0.3 is 6.09 Å². The summed E-state index contributed by atoms with van der Waals surface area (Å²) in [4.78, 5) is 42.0. The standard InChI is InChI=1S/C17H20N2O5/c1-17(8-9-17)24-16(22)18-23-11-5-4-10-19-14(20)12-6-2-3-7-13(12)15(19)21/h2-3,6-7H,4-5,8-11H2,1H3,(H,18,22). The molecule has 0 aromatic heterocycles. The van der Waals surface area contributed by atoms with E-state index in [-0.39, 0.29) is 24.0 Å². The summed E-state index contributed by atoms with van der Waals surface area (Å²) in [6.45, 7) is 2.49. The Bertz CT molecular complexity index is 634. The average Bonchev–Trinajstić information content (AvgIpc) is 3.24. The van der Waals surface area contributed by atoms with Crippen LogP contribution in [0.5, 0.6) is 0 Å². The van der Waals surface area contributed by atoms with E-state index in [1.807, 2.05) is 6.92 Å². The molecule has 1 fully saturated rings. The number of amides is 3. The minimum absolute atomic E-state index is 0.254. The van der Waals surface area contributed by atoms with Crippen molar-refractivity contribution in [3.8, 4) is 0 Å². The topological polar surface area (TPSA) is 84.9 Å². The Balaban J connectivity index is 1.33. The third-order valence-electron chi connectivity index (χ3n) is 4.21. The van der Waals surface area contributed by atoms with Gasteiger partial charge in [-0.2, -0.15) is 5.48 Å². The number of hydroxylamine groups is 1. The highest BCUT2D eigenvalue weighted by atomic mass is 16.7. The molecule has 7 heteroatoms. The molecule has 24 heavy (non-hydrogen) atoms. The molecule has 0 saturated heterocycles. The lowest BCUT2D eigenvalue weighted by Crippen LogP contribution is -2.31. The summed E-state index contributed by atoms with van der Waals surface area (Å²) in [6.07, 6.45) is 2.36. The highest BCUT2D eigenvalue weighted by Gasteiger charge is 2.41. The van der Waals surface area contributed by atoms with Crippen LogP contribution in [-0.4, -0.2) is 41.6 Å². The van der Waals surface area contributed by atoms with E-state index in [1.54, 1.807) is 24.3 Å². The zero-order valence-corrected chi connectivity index (χ0v) is 13.5. The number of fused-ring (bicyclic) bond motifs is 1. The smallest absolute Gasteiger partial charge is 0.431 e. The van der Waals surface area contributed by atoms with E-state index < -0.39 is 6.09 Å². The zero-order valence-electron chi connectivity index (χ0n) is 13.5. The summed E-state index contributed by atoms with van der Waals surface area (Å²) < 4.78 is 5.13. The van der Waals surface area contributed by atoms with Gasteiger partial charge in [0.2, 0.25) is 0 Å². The summed E-state index contributed by atoms with van der Waals surface area (Å²) in [5.74, 6) is -0.508. The van der Waals surface area contributed by atoms with Gasteiger partial charge in [-0.1, -0.05) is 12.1 Å². The van der Waals surface area contributed by atoms with Crippen LogP contribution in [0.3, 0.4) is 0 Å². The van der Waals surface area contributed by atoms with Crippen molar-refractivity contribution < 1.29 is 24.0 Å². The van der Waals surface area contributed by atoms with Crippen molar-refractivity contribution in [3.63, 3.8) is 0 Å². The molecule has 1 saturated carbocycles. The van der Waals surface area contributed by atoms with Crippen LogP contribution in [0.25, 0.3) is 0 Å². The SMILES string of the molecule is CC1(OC(=O)NOCCCCN2C(=O)c3ccccc3C2=O)CC1. The van der Waals surface area contributed by atoms with Gasteiger partial charge in [-0.05, 0) is 44.7 Å². The highest BCUT2D eigenvalue weighted by molar-refractivity contribution is 6.21. The minimum Gasteiger partial charge on any atom is -0.442 e. The van der Waals surface area contributed by atoms with E-state index in [0.717, 1.165) is 12.8 Å². The lowest BCUT2D eigenvalue weighted by atomic mass is 10.1. The van der Waals surface area contributed by atoms with Crippen LogP contribution >= 0.6 is 0 Å². The third kappa shape index (κ3) is 3.56. The average molecular weight is 332 g/mol. The molecule has 0 radical (unpaired) electrons. The van der Waals surface area contributed by atoms with Gasteiger partial charge in [-0.15, -0.1) is 0 Å². The van der Waals surface area contributed by atoms with Crippen molar-refractivity contribution in [2.75, 3.05) is 13.2 Å². The largest absolute Gasteiger partial charge is 0.442 e. The molecule has 1 aromatic rings. The highest BCUT2D eigenvalue weighted by Crippen LogP contribution is 2.38. The van der Waals surface area contributed by atoms with E-state index >= 15 is 0 Å². The summed E-state index contributed by atoms with van der Waals surface area (Å²) in [5, 5.41) is 0. The van der Waals surface area contributed by atoms with Gasteiger partial charge in [0.1, 0.15) is 5.60 Å². The number of carbonyl (C=O) groups excluding carboxylic acids is 3. The maximum atomic E-state index is 12.2. The molecule has 128 valence electrons. The summed E-state index contributed by atoms with van der Waals surface area (Å²) in [6, 6.07) is 6.81. The third-order valence-corrected chi connectivity index (χ3v) is 4.21. The Kier molecular flexibility index (Phi) is 4.53. The molecule has 1 N–H and O–H groups in total. The van der Waals surface area contributed by atoms with Crippen molar-refractivity contribution in [1.29, 1.82) is 0 Å². The number of hydrogen-bond acceptors (Lipinski definition) is 5. The first kappa shape index (κ1) is 16.4. The van der Waals surface area contributed by atoms with Crippen molar-refractivity contribution >= 4 is 17.9 Å². The molecule has 0 bridgehead atoms.